The molecule has 1 aromatic carbocycles. The molecule has 0 unspecified atom stereocenters. The molecular formula is C16H14F2N6O. The molecule has 1 aliphatic heterocycles. The Labute approximate surface area is 141 Å². The number of halogens is 2. The van der Waals surface area contributed by atoms with Crippen molar-refractivity contribution in [1.29, 1.82) is 0 Å². The van der Waals surface area contributed by atoms with E-state index in [9.17, 15) is 13.6 Å². The number of hydrogen-bond donors (Lipinski definition) is 1. The first-order valence-corrected chi connectivity index (χ1v) is 7.72. The molecule has 3 heterocycles. The Hall–Kier alpha value is -3.10. The number of hydrogen-bond acceptors (Lipinski definition) is 5. The number of benzene rings is 1. The van der Waals surface area contributed by atoms with Gasteiger partial charge in [0.1, 0.15) is 23.5 Å². The molecule has 0 aliphatic carbocycles. The number of piperazine rings is 1. The number of nitrogens with zero attached hydrogens (tertiary/aromatic N) is 5. The summed E-state index contributed by atoms with van der Waals surface area (Å²) in [7, 11) is 0. The Balaban J connectivity index is 1.52. The van der Waals surface area contributed by atoms with Gasteiger partial charge in [-0.15, -0.1) is 0 Å². The minimum atomic E-state index is -0.523. The highest BCUT2D eigenvalue weighted by molar-refractivity contribution is 5.88. The SMILES string of the molecule is O=C1CN(c2ncnc3nc[nH]c23)CCN1Cc1cc(F)ccc1F. The second-order valence-corrected chi connectivity index (χ2v) is 5.77. The largest absolute Gasteiger partial charge is 0.344 e. The first-order valence-electron chi connectivity index (χ1n) is 7.72. The molecule has 0 atom stereocenters. The molecule has 1 fully saturated rings. The maximum absolute atomic E-state index is 13.8. The van der Waals surface area contributed by atoms with Gasteiger partial charge in [0.15, 0.2) is 11.5 Å². The molecule has 2 aromatic heterocycles. The monoisotopic (exact) mass is 344 g/mol. The predicted octanol–water partition coefficient (Wildman–Crippen LogP) is 1.48. The molecule has 1 aliphatic rings. The molecule has 4 rings (SSSR count). The van der Waals surface area contributed by atoms with Gasteiger partial charge in [-0.1, -0.05) is 0 Å². The molecule has 1 saturated heterocycles. The van der Waals surface area contributed by atoms with Crippen molar-refractivity contribution in [3.05, 3.63) is 48.1 Å². The summed E-state index contributed by atoms with van der Waals surface area (Å²) < 4.78 is 27.1. The Morgan fingerprint density at radius 2 is 2.04 bits per heavy atom. The van der Waals surface area contributed by atoms with E-state index in [-0.39, 0.29) is 24.6 Å². The van der Waals surface area contributed by atoms with E-state index in [2.05, 4.69) is 19.9 Å². The van der Waals surface area contributed by atoms with Crippen LogP contribution in [0.25, 0.3) is 11.2 Å². The van der Waals surface area contributed by atoms with Crippen molar-refractivity contribution in [2.24, 2.45) is 0 Å². The molecule has 0 bridgehead atoms. The number of aromatic nitrogens is 4. The highest BCUT2D eigenvalue weighted by atomic mass is 19.1. The van der Waals surface area contributed by atoms with Crippen molar-refractivity contribution in [2.45, 2.75) is 6.54 Å². The van der Waals surface area contributed by atoms with Crippen molar-refractivity contribution in [3.8, 4) is 0 Å². The summed E-state index contributed by atoms with van der Waals surface area (Å²) in [5.74, 6) is -0.620. The number of rotatable bonds is 3. The Bertz CT molecular complexity index is 943. The molecule has 0 spiro atoms. The van der Waals surface area contributed by atoms with Gasteiger partial charge in [-0.2, -0.15) is 0 Å². The average molecular weight is 344 g/mol. The fourth-order valence-electron chi connectivity index (χ4n) is 2.92. The summed E-state index contributed by atoms with van der Waals surface area (Å²) in [4.78, 5) is 31.1. The number of carbonyl (C=O) groups excluding carboxylic acids is 1. The molecule has 9 heteroatoms. The van der Waals surface area contributed by atoms with E-state index >= 15 is 0 Å². The molecule has 3 aromatic rings. The summed E-state index contributed by atoms with van der Waals surface area (Å²) in [6.07, 6.45) is 2.92. The van der Waals surface area contributed by atoms with E-state index in [1.165, 1.54) is 17.6 Å². The van der Waals surface area contributed by atoms with E-state index in [4.69, 9.17) is 0 Å². The zero-order valence-electron chi connectivity index (χ0n) is 13.1. The minimum Gasteiger partial charge on any atom is -0.344 e. The summed E-state index contributed by atoms with van der Waals surface area (Å²) in [5, 5.41) is 0. The lowest BCUT2D eigenvalue weighted by atomic mass is 10.1. The van der Waals surface area contributed by atoms with Crippen LogP contribution in [0.1, 0.15) is 5.56 Å². The standard InChI is InChI=1S/C16H14F2N6O/c17-11-1-2-12(18)10(5-11)6-23-3-4-24(7-13(23)25)16-14-15(20-8-19-14)21-9-22-16/h1-2,5,8-9H,3-4,6-7H2,(H,19,20,21,22). The van der Waals surface area contributed by atoms with Gasteiger partial charge < -0.3 is 14.8 Å². The quantitative estimate of drug-likeness (QED) is 0.779. The number of imidazole rings is 1. The normalized spacial score (nSPS) is 15.2. The van der Waals surface area contributed by atoms with Crippen LogP contribution in [0.15, 0.2) is 30.9 Å². The van der Waals surface area contributed by atoms with Crippen molar-refractivity contribution >= 4 is 22.9 Å². The summed E-state index contributed by atoms with van der Waals surface area (Å²) in [6, 6.07) is 3.25. The van der Waals surface area contributed by atoms with Crippen LogP contribution in [0.4, 0.5) is 14.6 Å². The van der Waals surface area contributed by atoms with Crippen LogP contribution >= 0.6 is 0 Å². The maximum Gasteiger partial charge on any atom is 0.242 e. The van der Waals surface area contributed by atoms with E-state index in [1.54, 1.807) is 0 Å². The number of aromatic amines is 1. The van der Waals surface area contributed by atoms with E-state index < -0.39 is 11.6 Å². The van der Waals surface area contributed by atoms with Crippen molar-refractivity contribution < 1.29 is 13.6 Å². The highest BCUT2D eigenvalue weighted by Crippen LogP contribution is 2.22. The average Bonchev–Trinajstić information content (AvgIpc) is 3.08. The van der Waals surface area contributed by atoms with Gasteiger partial charge in [0.2, 0.25) is 5.91 Å². The Morgan fingerprint density at radius 3 is 2.88 bits per heavy atom. The smallest absolute Gasteiger partial charge is 0.242 e. The van der Waals surface area contributed by atoms with E-state index in [0.717, 1.165) is 18.2 Å². The highest BCUT2D eigenvalue weighted by Gasteiger charge is 2.27. The third kappa shape index (κ3) is 2.88. The van der Waals surface area contributed by atoms with Crippen LogP contribution in [-0.2, 0) is 11.3 Å². The lowest BCUT2D eigenvalue weighted by Crippen LogP contribution is -2.50. The predicted molar refractivity (Wildman–Crippen MR) is 85.7 cm³/mol. The van der Waals surface area contributed by atoms with E-state index in [0.29, 0.717) is 30.1 Å². The fraction of sp³-hybridized carbons (Fsp3) is 0.250. The molecule has 0 saturated carbocycles. The maximum atomic E-state index is 13.8. The topological polar surface area (TPSA) is 78.0 Å². The second-order valence-electron chi connectivity index (χ2n) is 5.77. The molecule has 1 N–H and O–H groups in total. The van der Waals surface area contributed by atoms with Gasteiger partial charge in [-0.25, -0.2) is 23.7 Å². The van der Waals surface area contributed by atoms with Crippen LogP contribution in [0.2, 0.25) is 0 Å². The Kier molecular flexibility index (Phi) is 3.75. The first-order chi connectivity index (χ1) is 12.1. The van der Waals surface area contributed by atoms with Crippen LogP contribution in [0.3, 0.4) is 0 Å². The third-order valence-corrected chi connectivity index (χ3v) is 4.19. The number of anilines is 1. The zero-order valence-corrected chi connectivity index (χ0v) is 13.1. The third-order valence-electron chi connectivity index (χ3n) is 4.19. The first kappa shape index (κ1) is 15.4. The number of carbonyl (C=O) groups is 1. The van der Waals surface area contributed by atoms with Crippen LogP contribution in [-0.4, -0.2) is 50.4 Å². The lowest BCUT2D eigenvalue weighted by Gasteiger charge is -2.35. The van der Waals surface area contributed by atoms with Crippen LogP contribution in [0, 0.1) is 11.6 Å². The number of fused-ring (bicyclic) bond motifs is 1. The zero-order chi connectivity index (χ0) is 17.4. The fourth-order valence-corrected chi connectivity index (χ4v) is 2.92. The van der Waals surface area contributed by atoms with Crippen molar-refractivity contribution in [2.75, 3.05) is 24.5 Å². The molecule has 7 nitrogen and oxygen atoms in total. The van der Waals surface area contributed by atoms with Crippen molar-refractivity contribution in [1.82, 2.24) is 24.8 Å². The lowest BCUT2D eigenvalue weighted by molar-refractivity contribution is -0.131. The summed E-state index contributed by atoms with van der Waals surface area (Å²) in [6.45, 7) is 1.05. The van der Waals surface area contributed by atoms with Crippen LogP contribution in [0.5, 0.6) is 0 Å². The molecule has 1 amide bonds. The summed E-state index contributed by atoms with van der Waals surface area (Å²) >= 11 is 0. The van der Waals surface area contributed by atoms with Crippen molar-refractivity contribution in [3.63, 3.8) is 0 Å². The van der Waals surface area contributed by atoms with Gasteiger partial charge in [-0.3, -0.25) is 4.79 Å². The Morgan fingerprint density at radius 1 is 1.16 bits per heavy atom. The number of nitrogens with one attached hydrogen (secondary N) is 1. The summed E-state index contributed by atoms with van der Waals surface area (Å²) in [5.41, 5.74) is 1.36. The van der Waals surface area contributed by atoms with Gasteiger partial charge in [0, 0.05) is 25.2 Å². The second kappa shape index (κ2) is 6.08. The molecule has 25 heavy (non-hydrogen) atoms. The number of amides is 1. The van der Waals surface area contributed by atoms with Gasteiger partial charge in [0.25, 0.3) is 0 Å². The van der Waals surface area contributed by atoms with Crippen LogP contribution < -0.4 is 4.90 Å². The van der Waals surface area contributed by atoms with Gasteiger partial charge in [-0.05, 0) is 18.2 Å². The number of H-pyrrole nitrogens is 1. The van der Waals surface area contributed by atoms with E-state index in [1.807, 2.05) is 4.90 Å². The van der Waals surface area contributed by atoms with Gasteiger partial charge in [0.05, 0.1) is 12.9 Å². The van der Waals surface area contributed by atoms with Gasteiger partial charge >= 0.3 is 0 Å². The molecule has 128 valence electrons. The molecular weight excluding hydrogens is 330 g/mol. The minimum absolute atomic E-state index is 0.0412. The molecule has 0 radical (unpaired) electrons.